The van der Waals surface area contributed by atoms with Crippen molar-refractivity contribution in [1.29, 1.82) is 0 Å². The Morgan fingerprint density at radius 3 is 2.83 bits per heavy atom. The van der Waals surface area contributed by atoms with Gasteiger partial charge in [0, 0.05) is 5.69 Å². The SMILES string of the molecule is Cc1cc(C(=O)O)c(N)c(Br)n1. The molecule has 1 aromatic rings. The van der Waals surface area contributed by atoms with Gasteiger partial charge in [0.2, 0.25) is 0 Å². The van der Waals surface area contributed by atoms with E-state index < -0.39 is 5.97 Å². The molecular weight excluding hydrogens is 224 g/mol. The smallest absolute Gasteiger partial charge is 0.337 e. The number of aromatic carboxylic acids is 1. The molecule has 5 heteroatoms. The number of rotatable bonds is 1. The second kappa shape index (κ2) is 3.10. The van der Waals surface area contributed by atoms with Crippen molar-refractivity contribution in [1.82, 2.24) is 4.98 Å². The third-order valence-corrected chi connectivity index (χ3v) is 1.98. The number of carbonyl (C=O) groups is 1. The molecule has 0 aromatic carbocycles. The molecule has 1 heterocycles. The summed E-state index contributed by atoms with van der Waals surface area (Å²) in [5, 5.41) is 8.69. The molecule has 0 saturated heterocycles. The number of hydrogen-bond acceptors (Lipinski definition) is 3. The fraction of sp³-hybridized carbons (Fsp3) is 0.143. The molecule has 0 aliphatic heterocycles. The van der Waals surface area contributed by atoms with E-state index in [4.69, 9.17) is 10.8 Å². The molecule has 0 saturated carbocycles. The van der Waals surface area contributed by atoms with Gasteiger partial charge in [-0.2, -0.15) is 0 Å². The average molecular weight is 231 g/mol. The zero-order valence-corrected chi connectivity index (χ0v) is 7.92. The molecule has 3 N–H and O–H groups in total. The Kier molecular flexibility index (Phi) is 2.32. The Bertz CT molecular complexity index is 338. The minimum atomic E-state index is -1.04. The molecule has 64 valence electrons. The van der Waals surface area contributed by atoms with Crippen molar-refractivity contribution in [2.75, 3.05) is 5.73 Å². The van der Waals surface area contributed by atoms with Gasteiger partial charge < -0.3 is 10.8 Å². The summed E-state index contributed by atoms with van der Waals surface area (Å²) in [5.41, 5.74) is 6.32. The van der Waals surface area contributed by atoms with E-state index in [9.17, 15) is 4.79 Å². The normalized spacial score (nSPS) is 9.83. The molecule has 1 aromatic heterocycles. The molecule has 4 nitrogen and oxygen atoms in total. The number of nitrogens with zero attached hydrogens (tertiary/aromatic N) is 1. The predicted molar refractivity (Wildman–Crippen MR) is 48.0 cm³/mol. The van der Waals surface area contributed by atoms with Crippen LogP contribution in [0.2, 0.25) is 0 Å². The maximum atomic E-state index is 10.6. The lowest BCUT2D eigenvalue weighted by molar-refractivity contribution is 0.0697. The van der Waals surface area contributed by atoms with Gasteiger partial charge in [-0.3, -0.25) is 0 Å². The lowest BCUT2D eigenvalue weighted by atomic mass is 10.2. The topological polar surface area (TPSA) is 76.2 Å². The molecule has 0 atom stereocenters. The number of hydrogen-bond donors (Lipinski definition) is 2. The maximum Gasteiger partial charge on any atom is 0.337 e. The second-order valence-electron chi connectivity index (χ2n) is 2.32. The molecule has 0 bridgehead atoms. The summed E-state index contributed by atoms with van der Waals surface area (Å²) in [6, 6.07) is 1.43. The Morgan fingerprint density at radius 1 is 1.75 bits per heavy atom. The van der Waals surface area contributed by atoms with Gasteiger partial charge in [-0.15, -0.1) is 0 Å². The molecule has 0 fully saturated rings. The summed E-state index contributed by atoms with van der Waals surface area (Å²) in [4.78, 5) is 14.5. The van der Waals surface area contributed by atoms with Gasteiger partial charge >= 0.3 is 5.97 Å². The van der Waals surface area contributed by atoms with Gasteiger partial charge in [0.15, 0.2) is 0 Å². The zero-order valence-electron chi connectivity index (χ0n) is 6.34. The number of pyridine rings is 1. The number of halogens is 1. The van der Waals surface area contributed by atoms with Crippen LogP contribution in [-0.4, -0.2) is 16.1 Å². The van der Waals surface area contributed by atoms with E-state index in [0.29, 0.717) is 10.3 Å². The number of nitrogen functional groups attached to an aromatic ring is 1. The van der Waals surface area contributed by atoms with Gasteiger partial charge in [0.05, 0.1) is 11.3 Å². The predicted octanol–water partition coefficient (Wildman–Crippen LogP) is 1.43. The van der Waals surface area contributed by atoms with Crippen LogP contribution in [0.3, 0.4) is 0 Å². The number of carboxylic acids is 1. The molecule has 0 radical (unpaired) electrons. The Hall–Kier alpha value is -1.10. The number of carboxylic acid groups (broad SMARTS) is 1. The first-order valence-electron chi connectivity index (χ1n) is 3.18. The number of aryl methyl sites for hydroxylation is 1. The zero-order chi connectivity index (χ0) is 9.30. The van der Waals surface area contributed by atoms with E-state index in [1.54, 1.807) is 6.92 Å². The fourth-order valence-corrected chi connectivity index (χ4v) is 1.32. The first-order valence-corrected chi connectivity index (χ1v) is 3.97. The third kappa shape index (κ3) is 1.55. The monoisotopic (exact) mass is 230 g/mol. The molecule has 12 heavy (non-hydrogen) atoms. The molecule has 0 spiro atoms. The van der Waals surface area contributed by atoms with Crippen molar-refractivity contribution >= 4 is 27.6 Å². The Morgan fingerprint density at radius 2 is 2.33 bits per heavy atom. The van der Waals surface area contributed by atoms with Crippen LogP contribution in [0, 0.1) is 6.92 Å². The minimum absolute atomic E-state index is 0.0781. The molecule has 0 unspecified atom stereocenters. The third-order valence-electron chi connectivity index (χ3n) is 1.37. The first-order chi connectivity index (χ1) is 5.52. The van der Waals surface area contributed by atoms with Gasteiger partial charge in [-0.25, -0.2) is 9.78 Å². The van der Waals surface area contributed by atoms with Gasteiger partial charge in [0.25, 0.3) is 0 Å². The van der Waals surface area contributed by atoms with Crippen LogP contribution < -0.4 is 5.73 Å². The Labute approximate surface area is 77.5 Å². The molecule has 0 aliphatic carbocycles. The summed E-state index contributed by atoms with van der Waals surface area (Å²) in [6.07, 6.45) is 0. The molecule has 0 amide bonds. The maximum absolute atomic E-state index is 10.6. The summed E-state index contributed by atoms with van der Waals surface area (Å²) in [6.45, 7) is 1.70. The van der Waals surface area contributed by atoms with Crippen molar-refractivity contribution in [2.45, 2.75) is 6.92 Å². The van der Waals surface area contributed by atoms with Gasteiger partial charge in [0.1, 0.15) is 4.60 Å². The van der Waals surface area contributed by atoms with E-state index >= 15 is 0 Å². The Balaban J connectivity index is 3.37. The summed E-state index contributed by atoms with van der Waals surface area (Å²) < 4.78 is 0.375. The minimum Gasteiger partial charge on any atom is -0.478 e. The van der Waals surface area contributed by atoms with E-state index in [-0.39, 0.29) is 11.3 Å². The summed E-state index contributed by atoms with van der Waals surface area (Å²) in [5.74, 6) is -1.04. The standard InChI is InChI=1S/C7H7BrN2O2/c1-3-2-4(7(11)12)5(9)6(8)10-3/h2H,9H2,1H3,(H,11,12). The number of nitrogens with two attached hydrogens (primary N) is 1. The summed E-state index contributed by atoms with van der Waals surface area (Å²) in [7, 11) is 0. The van der Waals surface area contributed by atoms with Crippen molar-refractivity contribution in [2.24, 2.45) is 0 Å². The van der Waals surface area contributed by atoms with Crippen molar-refractivity contribution in [3.05, 3.63) is 21.9 Å². The van der Waals surface area contributed by atoms with Gasteiger partial charge in [-0.1, -0.05) is 0 Å². The van der Waals surface area contributed by atoms with Crippen LogP contribution >= 0.6 is 15.9 Å². The van der Waals surface area contributed by atoms with E-state index in [1.165, 1.54) is 6.07 Å². The molecule has 0 aliphatic rings. The van der Waals surface area contributed by atoms with Crippen molar-refractivity contribution < 1.29 is 9.90 Å². The van der Waals surface area contributed by atoms with Gasteiger partial charge in [-0.05, 0) is 28.9 Å². The van der Waals surface area contributed by atoms with Crippen LogP contribution in [0.15, 0.2) is 10.7 Å². The summed E-state index contributed by atoms with van der Waals surface area (Å²) >= 11 is 3.07. The first kappa shape index (κ1) is 8.99. The van der Waals surface area contributed by atoms with Crippen LogP contribution in [0.25, 0.3) is 0 Å². The van der Waals surface area contributed by atoms with Crippen molar-refractivity contribution in [3.63, 3.8) is 0 Å². The van der Waals surface area contributed by atoms with E-state index in [1.807, 2.05) is 0 Å². The fourth-order valence-electron chi connectivity index (χ4n) is 0.822. The molecular formula is C7H7BrN2O2. The lowest BCUT2D eigenvalue weighted by Gasteiger charge is -2.03. The highest BCUT2D eigenvalue weighted by molar-refractivity contribution is 9.10. The highest BCUT2D eigenvalue weighted by Gasteiger charge is 2.11. The van der Waals surface area contributed by atoms with Crippen LogP contribution in [0.5, 0.6) is 0 Å². The largest absolute Gasteiger partial charge is 0.478 e. The average Bonchev–Trinajstić information content (AvgIpc) is 1.96. The van der Waals surface area contributed by atoms with Crippen LogP contribution in [0.1, 0.15) is 16.1 Å². The molecule has 1 rings (SSSR count). The number of anilines is 1. The van der Waals surface area contributed by atoms with Crippen LogP contribution in [-0.2, 0) is 0 Å². The van der Waals surface area contributed by atoms with Crippen molar-refractivity contribution in [3.8, 4) is 0 Å². The highest BCUT2D eigenvalue weighted by Crippen LogP contribution is 2.21. The van der Waals surface area contributed by atoms with Crippen LogP contribution in [0.4, 0.5) is 5.69 Å². The quantitative estimate of drug-likeness (QED) is 0.717. The highest BCUT2D eigenvalue weighted by atomic mass is 79.9. The lowest BCUT2D eigenvalue weighted by Crippen LogP contribution is -2.05. The second-order valence-corrected chi connectivity index (χ2v) is 3.07. The van der Waals surface area contributed by atoms with E-state index in [2.05, 4.69) is 20.9 Å². The van der Waals surface area contributed by atoms with E-state index in [0.717, 1.165) is 0 Å². The number of aromatic nitrogens is 1.